The second kappa shape index (κ2) is 9.14. The highest BCUT2D eigenvalue weighted by molar-refractivity contribution is 5.76. The summed E-state index contributed by atoms with van der Waals surface area (Å²) in [6, 6.07) is 1.78. The molecule has 0 saturated carbocycles. The van der Waals surface area contributed by atoms with Gasteiger partial charge in [-0.3, -0.25) is 0 Å². The van der Waals surface area contributed by atoms with Crippen molar-refractivity contribution in [1.82, 2.24) is 34.5 Å². The summed E-state index contributed by atoms with van der Waals surface area (Å²) in [5.74, 6) is -5.06. The molecule has 0 radical (unpaired) electrons. The van der Waals surface area contributed by atoms with Gasteiger partial charge in [0, 0.05) is 12.3 Å². The number of rotatable bonds is 6. The van der Waals surface area contributed by atoms with Gasteiger partial charge in [0.25, 0.3) is 0 Å². The van der Waals surface area contributed by atoms with Gasteiger partial charge in [0.05, 0.1) is 44.8 Å². The highest BCUT2D eigenvalue weighted by atomic mass is 19.4. The second-order valence-corrected chi connectivity index (χ2v) is 8.00. The molecule has 4 aromatic rings. The van der Waals surface area contributed by atoms with E-state index in [1.165, 1.54) is 26.5 Å². The van der Waals surface area contributed by atoms with E-state index in [2.05, 4.69) is 30.0 Å². The summed E-state index contributed by atoms with van der Waals surface area (Å²) in [7, 11) is 2.66. The third-order valence-corrected chi connectivity index (χ3v) is 5.59. The van der Waals surface area contributed by atoms with E-state index in [4.69, 9.17) is 14.2 Å². The lowest BCUT2D eigenvalue weighted by molar-refractivity contribution is -0.141. The van der Waals surface area contributed by atoms with E-state index in [1.54, 1.807) is 0 Å². The molecule has 1 saturated heterocycles. The average Bonchev–Trinajstić information content (AvgIpc) is 3.41. The van der Waals surface area contributed by atoms with Gasteiger partial charge in [-0.05, 0) is 6.07 Å². The van der Waals surface area contributed by atoms with Crippen LogP contribution < -0.4 is 19.1 Å². The number of hydrogen-bond donors (Lipinski definition) is 0. The van der Waals surface area contributed by atoms with Crippen LogP contribution in [-0.2, 0) is 6.18 Å². The maximum absolute atomic E-state index is 15.0. The minimum atomic E-state index is -4.82. The van der Waals surface area contributed by atoms with Crippen LogP contribution in [0.5, 0.6) is 17.8 Å². The minimum Gasteiger partial charge on any atom is -0.480 e. The van der Waals surface area contributed by atoms with Crippen molar-refractivity contribution in [2.45, 2.75) is 18.2 Å². The Morgan fingerprint density at radius 1 is 1.03 bits per heavy atom. The van der Waals surface area contributed by atoms with Crippen molar-refractivity contribution in [3.05, 3.63) is 42.5 Å². The Morgan fingerprint density at radius 3 is 2.53 bits per heavy atom. The molecule has 200 valence electrons. The monoisotopic (exact) mass is 542 g/mol. The molecule has 0 aromatic carbocycles. The molecule has 17 heteroatoms. The number of imidazole rings is 1. The predicted octanol–water partition coefficient (Wildman–Crippen LogP) is 3.05. The van der Waals surface area contributed by atoms with Crippen molar-refractivity contribution in [1.29, 1.82) is 0 Å². The van der Waals surface area contributed by atoms with Crippen LogP contribution in [0.3, 0.4) is 0 Å². The minimum absolute atomic E-state index is 0.0155. The summed E-state index contributed by atoms with van der Waals surface area (Å²) in [4.78, 5) is 19.7. The second-order valence-electron chi connectivity index (χ2n) is 8.00. The summed E-state index contributed by atoms with van der Waals surface area (Å²) in [5, 5.41) is 4.17. The van der Waals surface area contributed by atoms with Crippen LogP contribution in [0.1, 0.15) is 5.69 Å². The Morgan fingerprint density at radius 2 is 1.82 bits per heavy atom. The molecule has 0 bridgehead atoms. The predicted molar refractivity (Wildman–Crippen MR) is 116 cm³/mol. The first kappa shape index (κ1) is 25.2. The van der Waals surface area contributed by atoms with Gasteiger partial charge in [0.1, 0.15) is 12.0 Å². The van der Waals surface area contributed by atoms with Crippen LogP contribution >= 0.6 is 0 Å². The molecule has 1 fully saturated rings. The van der Waals surface area contributed by atoms with Crippen LogP contribution in [0, 0.1) is 5.95 Å². The summed E-state index contributed by atoms with van der Waals surface area (Å²) < 4.78 is 99.6. The van der Waals surface area contributed by atoms with Crippen LogP contribution in [0.4, 0.5) is 32.0 Å². The molecule has 1 unspecified atom stereocenters. The van der Waals surface area contributed by atoms with E-state index in [0.29, 0.717) is 12.4 Å². The molecule has 0 N–H and O–H groups in total. The number of aromatic nitrogens is 7. The van der Waals surface area contributed by atoms with E-state index >= 15 is 0 Å². The summed E-state index contributed by atoms with van der Waals surface area (Å²) in [6.45, 7) is -1.42. The van der Waals surface area contributed by atoms with E-state index in [0.717, 1.165) is 15.6 Å². The molecule has 5 heterocycles. The number of hydrogen-bond acceptors (Lipinski definition) is 10. The molecule has 5 rings (SSSR count). The van der Waals surface area contributed by atoms with E-state index < -0.39 is 48.8 Å². The number of nitrogens with zero attached hydrogens (tertiary/aromatic N) is 8. The summed E-state index contributed by atoms with van der Waals surface area (Å²) >= 11 is 0. The normalized spacial score (nSPS) is 17.2. The third-order valence-electron chi connectivity index (χ3n) is 5.59. The molecule has 1 aliphatic heterocycles. The van der Waals surface area contributed by atoms with Gasteiger partial charge in [-0.25, -0.2) is 28.7 Å². The van der Waals surface area contributed by atoms with E-state index in [1.807, 2.05) is 0 Å². The van der Waals surface area contributed by atoms with Crippen molar-refractivity contribution < 1.29 is 40.6 Å². The maximum atomic E-state index is 15.0. The van der Waals surface area contributed by atoms with Gasteiger partial charge in [0.15, 0.2) is 17.4 Å². The zero-order valence-corrected chi connectivity index (χ0v) is 19.4. The van der Waals surface area contributed by atoms with Gasteiger partial charge in [-0.1, -0.05) is 0 Å². The lowest BCUT2D eigenvalue weighted by Crippen LogP contribution is -2.36. The number of ether oxygens (including phenoxy) is 3. The topological polar surface area (TPSA) is 113 Å². The fraction of sp³-hybridized carbons (Fsp3) is 0.333. The third kappa shape index (κ3) is 4.54. The smallest absolute Gasteiger partial charge is 0.433 e. The Labute approximate surface area is 209 Å². The van der Waals surface area contributed by atoms with Crippen molar-refractivity contribution in [3.63, 3.8) is 0 Å². The highest BCUT2D eigenvalue weighted by Gasteiger charge is 2.51. The van der Waals surface area contributed by atoms with Gasteiger partial charge >= 0.3 is 18.1 Å². The van der Waals surface area contributed by atoms with Crippen molar-refractivity contribution >= 4 is 11.3 Å². The van der Waals surface area contributed by atoms with E-state index in [-0.39, 0.29) is 34.5 Å². The molecule has 4 aromatic heterocycles. The molecule has 1 aliphatic rings. The zero-order chi connectivity index (χ0) is 27.2. The SMILES string of the molecule is COc1ncc(-c2cc(N3CC(Oc4cc(C(F)(F)F)ncn4)C(F)(F)C3)c3ncc(F)n3n2)c(OC)n1. The van der Waals surface area contributed by atoms with Crippen molar-refractivity contribution in [3.8, 4) is 29.0 Å². The first-order chi connectivity index (χ1) is 18.0. The number of methoxy groups -OCH3 is 2. The fourth-order valence-electron chi connectivity index (χ4n) is 3.84. The Bertz CT molecular complexity index is 1500. The Hall–Kier alpha value is -4.44. The zero-order valence-electron chi connectivity index (χ0n) is 19.4. The van der Waals surface area contributed by atoms with Gasteiger partial charge < -0.3 is 19.1 Å². The number of halogens is 6. The molecule has 38 heavy (non-hydrogen) atoms. The molecule has 1 atom stereocenters. The van der Waals surface area contributed by atoms with Crippen LogP contribution in [-0.4, -0.2) is 73.9 Å². The standard InChI is InChI=1S/C21H16F6N8O3/c1-36-18-10(5-29-19(32-18)37-2)11-3-12(17-28-6-15(22)35(17)33-11)34-7-14(20(23,24)8-34)38-16-4-13(21(25,26)27)30-9-31-16/h3-6,9,14H,7-8H2,1-2H3. The molecule has 0 aliphatic carbocycles. The molecule has 11 nitrogen and oxygen atoms in total. The highest BCUT2D eigenvalue weighted by Crippen LogP contribution is 2.38. The van der Waals surface area contributed by atoms with Crippen molar-refractivity contribution in [2.24, 2.45) is 0 Å². The quantitative estimate of drug-likeness (QED) is 0.337. The molecular formula is C21H16F6N8O3. The fourth-order valence-corrected chi connectivity index (χ4v) is 3.84. The Balaban J connectivity index is 1.52. The number of anilines is 1. The lowest BCUT2D eigenvalue weighted by Gasteiger charge is -2.19. The van der Waals surface area contributed by atoms with Gasteiger partial charge in [-0.2, -0.15) is 32.2 Å². The number of alkyl halides is 5. The van der Waals surface area contributed by atoms with Crippen LogP contribution in [0.15, 0.2) is 30.9 Å². The molecule has 0 amide bonds. The molecule has 0 spiro atoms. The summed E-state index contributed by atoms with van der Waals surface area (Å²) in [5.41, 5.74) is -1.13. The largest absolute Gasteiger partial charge is 0.480 e. The lowest BCUT2D eigenvalue weighted by atomic mass is 10.2. The average molecular weight is 542 g/mol. The number of fused-ring (bicyclic) bond motifs is 1. The Kier molecular flexibility index (Phi) is 6.07. The first-order valence-electron chi connectivity index (χ1n) is 10.7. The molecular weight excluding hydrogens is 526 g/mol. The van der Waals surface area contributed by atoms with Gasteiger partial charge in [0.2, 0.25) is 17.7 Å². The van der Waals surface area contributed by atoms with Crippen LogP contribution in [0.2, 0.25) is 0 Å². The van der Waals surface area contributed by atoms with E-state index in [9.17, 15) is 26.3 Å². The maximum Gasteiger partial charge on any atom is 0.433 e. The van der Waals surface area contributed by atoms with Gasteiger partial charge in [-0.15, -0.1) is 0 Å². The summed E-state index contributed by atoms with van der Waals surface area (Å²) in [6.07, 6.45) is -3.98. The first-order valence-corrected chi connectivity index (χ1v) is 10.7. The van der Waals surface area contributed by atoms with Crippen molar-refractivity contribution in [2.75, 3.05) is 32.2 Å². The van der Waals surface area contributed by atoms with Crippen LogP contribution in [0.25, 0.3) is 16.9 Å².